The largest absolute Gasteiger partial charge is 0.471 e. The Bertz CT molecular complexity index is 1060. The number of ether oxygens (including phenoxy) is 1. The summed E-state index contributed by atoms with van der Waals surface area (Å²) < 4.78 is 51.1. The third kappa shape index (κ3) is 4.15. The number of halogens is 3. The summed E-state index contributed by atoms with van der Waals surface area (Å²) in [4.78, 5) is 24.7. The second kappa shape index (κ2) is 8.09. The highest BCUT2D eigenvalue weighted by atomic mass is 19.4. The Kier molecular flexibility index (Phi) is 5.47. The molecule has 1 aromatic heterocycles. The molecule has 162 valence electrons. The molecule has 1 aliphatic rings. The van der Waals surface area contributed by atoms with E-state index in [-0.39, 0.29) is 24.2 Å². The molecule has 3 aromatic rings. The van der Waals surface area contributed by atoms with E-state index in [0.29, 0.717) is 23.8 Å². The molecule has 1 fully saturated rings. The van der Waals surface area contributed by atoms with Gasteiger partial charge in [0.2, 0.25) is 0 Å². The van der Waals surface area contributed by atoms with Crippen molar-refractivity contribution < 1.29 is 31.9 Å². The van der Waals surface area contributed by atoms with E-state index in [1.807, 2.05) is 0 Å². The predicted octanol–water partition coefficient (Wildman–Crippen LogP) is 5.11. The average molecular weight is 431 g/mol. The highest BCUT2D eigenvalue weighted by Gasteiger charge is 2.52. The maximum absolute atomic E-state index is 13.2. The summed E-state index contributed by atoms with van der Waals surface area (Å²) in [5.41, 5.74) is -0.889. The van der Waals surface area contributed by atoms with E-state index in [9.17, 15) is 22.8 Å². The SMILES string of the molecule is O=C(O[C@H]1CCCC[C@]1(NC(=O)C(F)(F)F)c1cc2ccccc2o1)c1ccccc1. The van der Waals surface area contributed by atoms with E-state index in [0.717, 1.165) is 0 Å². The minimum absolute atomic E-state index is 0.136. The Hall–Kier alpha value is -3.29. The molecule has 1 amide bonds. The molecular weight excluding hydrogens is 411 g/mol. The van der Waals surface area contributed by atoms with Crippen LogP contribution in [0, 0.1) is 0 Å². The zero-order valence-electron chi connectivity index (χ0n) is 16.4. The first-order chi connectivity index (χ1) is 14.8. The number of fused-ring (bicyclic) bond motifs is 1. The third-order valence-corrected chi connectivity index (χ3v) is 5.56. The summed E-state index contributed by atoms with van der Waals surface area (Å²) in [6.07, 6.45) is -4.52. The molecule has 4 rings (SSSR count). The summed E-state index contributed by atoms with van der Waals surface area (Å²) >= 11 is 0. The van der Waals surface area contributed by atoms with E-state index in [2.05, 4.69) is 5.32 Å². The molecule has 5 nitrogen and oxygen atoms in total. The number of nitrogens with one attached hydrogen (secondary N) is 1. The number of amides is 1. The van der Waals surface area contributed by atoms with Crippen molar-refractivity contribution in [3.63, 3.8) is 0 Å². The van der Waals surface area contributed by atoms with Gasteiger partial charge in [-0.3, -0.25) is 4.79 Å². The van der Waals surface area contributed by atoms with E-state index in [4.69, 9.17) is 9.15 Å². The monoisotopic (exact) mass is 431 g/mol. The lowest BCUT2D eigenvalue weighted by atomic mass is 9.77. The molecule has 2 aromatic carbocycles. The molecule has 0 spiro atoms. The minimum atomic E-state index is -5.09. The molecule has 0 radical (unpaired) electrons. The Balaban J connectivity index is 1.76. The Labute approximate surface area is 176 Å². The van der Waals surface area contributed by atoms with Gasteiger partial charge in [0.25, 0.3) is 0 Å². The standard InChI is InChI=1S/C23H20F3NO4/c24-23(25,26)21(29)27-22(19-14-16-10-4-5-11-17(16)30-19)13-7-6-12-18(22)31-20(28)15-8-2-1-3-9-15/h1-5,8-11,14,18H,6-7,12-13H2,(H,27,29)/t18-,22+/m0/s1. The molecule has 8 heteroatoms. The van der Waals surface area contributed by atoms with Gasteiger partial charge in [-0.1, -0.05) is 42.8 Å². The van der Waals surface area contributed by atoms with Crippen LogP contribution in [0.15, 0.2) is 65.1 Å². The van der Waals surface area contributed by atoms with E-state index in [1.54, 1.807) is 60.7 Å². The van der Waals surface area contributed by atoms with Crippen molar-refractivity contribution in [2.45, 2.75) is 43.5 Å². The van der Waals surface area contributed by atoms with Gasteiger partial charge in [-0.15, -0.1) is 0 Å². The lowest BCUT2D eigenvalue weighted by Gasteiger charge is -2.42. The van der Waals surface area contributed by atoms with E-state index in [1.165, 1.54) is 0 Å². The lowest BCUT2D eigenvalue weighted by Crippen LogP contribution is -2.59. The van der Waals surface area contributed by atoms with Crippen LogP contribution >= 0.6 is 0 Å². The number of benzene rings is 2. The number of hydrogen-bond donors (Lipinski definition) is 1. The number of esters is 1. The van der Waals surface area contributed by atoms with Crippen LogP contribution in [0.1, 0.15) is 41.8 Å². The zero-order chi connectivity index (χ0) is 22.1. The van der Waals surface area contributed by atoms with Crippen molar-refractivity contribution in [3.8, 4) is 0 Å². The van der Waals surface area contributed by atoms with E-state index < -0.39 is 29.7 Å². The fourth-order valence-electron chi connectivity index (χ4n) is 4.03. The summed E-state index contributed by atoms with van der Waals surface area (Å²) in [6, 6.07) is 16.7. The molecule has 0 aliphatic heterocycles. The zero-order valence-corrected chi connectivity index (χ0v) is 16.4. The van der Waals surface area contributed by atoms with Crippen molar-refractivity contribution in [1.29, 1.82) is 0 Å². The molecule has 0 bridgehead atoms. The Morgan fingerprint density at radius 2 is 1.74 bits per heavy atom. The molecule has 1 saturated carbocycles. The first kappa shape index (κ1) is 21.0. The van der Waals surface area contributed by atoms with Crippen LogP contribution in [0.5, 0.6) is 0 Å². The van der Waals surface area contributed by atoms with Crippen LogP contribution < -0.4 is 5.32 Å². The van der Waals surface area contributed by atoms with Crippen LogP contribution in [0.25, 0.3) is 11.0 Å². The number of furan rings is 1. The van der Waals surface area contributed by atoms with Gasteiger partial charge in [-0.05, 0) is 43.5 Å². The van der Waals surface area contributed by atoms with Gasteiger partial charge in [0.05, 0.1) is 5.56 Å². The Morgan fingerprint density at radius 3 is 2.45 bits per heavy atom. The maximum Gasteiger partial charge on any atom is 0.471 e. The number of carbonyl (C=O) groups excluding carboxylic acids is 2. The summed E-state index contributed by atoms with van der Waals surface area (Å²) in [6.45, 7) is 0. The van der Waals surface area contributed by atoms with E-state index >= 15 is 0 Å². The fourth-order valence-corrected chi connectivity index (χ4v) is 4.03. The molecule has 31 heavy (non-hydrogen) atoms. The number of rotatable bonds is 4. The van der Waals surface area contributed by atoms with Crippen LogP contribution in [0.2, 0.25) is 0 Å². The van der Waals surface area contributed by atoms with Crippen LogP contribution in [0.3, 0.4) is 0 Å². The van der Waals surface area contributed by atoms with Crippen molar-refractivity contribution >= 4 is 22.8 Å². The smallest absolute Gasteiger partial charge is 0.458 e. The quantitative estimate of drug-likeness (QED) is 0.583. The third-order valence-electron chi connectivity index (χ3n) is 5.56. The van der Waals surface area contributed by atoms with Gasteiger partial charge in [-0.2, -0.15) is 13.2 Å². The van der Waals surface area contributed by atoms with Crippen LogP contribution in [-0.2, 0) is 15.1 Å². The Morgan fingerprint density at radius 1 is 1.03 bits per heavy atom. The molecule has 0 unspecified atom stereocenters. The molecule has 2 atom stereocenters. The average Bonchev–Trinajstić information content (AvgIpc) is 3.20. The summed E-state index contributed by atoms with van der Waals surface area (Å²) in [7, 11) is 0. The topological polar surface area (TPSA) is 68.5 Å². The first-order valence-electron chi connectivity index (χ1n) is 9.94. The number of alkyl halides is 3. The molecule has 0 saturated heterocycles. The minimum Gasteiger partial charge on any atom is -0.458 e. The van der Waals surface area contributed by atoms with Crippen LogP contribution in [0.4, 0.5) is 13.2 Å². The number of para-hydroxylation sites is 1. The van der Waals surface area contributed by atoms with Gasteiger partial charge < -0.3 is 14.5 Å². The van der Waals surface area contributed by atoms with Gasteiger partial charge in [0, 0.05) is 5.39 Å². The van der Waals surface area contributed by atoms with Gasteiger partial charge >= 0.3 is 18.1 Å². The van der Waals surface area contributed by atoms with Crippen LogP contribution in [-0.4, -0.2) is 24.2 Å². The number of carbonyl (C=O) groups is 2. The molecule has 1 N–H and O–H groups in total. The van der Waals surface area contributed by atoms with Gasteiger partial charge in [-0.25, -0.2) is 4.79 Å². The summed E-state index contributed by atoms with van der Waals surface area (Å²) in [5, 5.41) is 2.80. The lowest BCUT2D eigenvalue weighted by molar-refractivity contribution is -0.178. The summed E-state index contributed by atoms with van der Waals surface area (Å²) in [5.74, 6) is -2.64. The van der Waals surface area contributed by atoms with Crippen molar-refractivity contribution in [2.75, 3.05) is 0 Å². The van der Waals surface area contributed by atoms with Crippen molar-refractivity contribution in [1.82, 2.24) is 5.32 Å². The molecule has 1 heterocycles. The number of hydrogen-bond acceptors (Lipinski definition) is 4. The van der Waals surface area contributed by atoms with Crippen molar-refractivity contribution in [2.24, 2.45) is 0 Å². The highest BCUT2D eigenvalue weighted by Crippen LogP contribution is 2.42. The highest BCUT2D eigenvalue weighted by molar-refractivity contribution is 5.89. The predicted molar refractivity (Wildman–Crippen MR) is 106 cm³/mol. The second-order valence-corrected chi connectivity index (χ2v) is 7.58. The maximum atomic E-state index is 13.2. The molecule has 1 aliphatic carbocycles. The first-order valence-corrected chi connectivity index (χ1v) is 9.94. The van der Waals surface area contributed by atoms with Crippen molar-refractivity contribution in [3.05, 3.63) is 72.0 Å². The fraction of sp³-hybridized carbons (Fsp3) is 0.304. The van der Waals surface area contributed by atoms with Gasteiger partial charge in [0.15, 0.2) is 0 Å². The van der Waals surface area contributed by atoms with Gasteiger partial charge in [0.1, 0.15) is 23.0 Å². The normalized spacial score (nSPS) is 21.6. The molecular formula is C23H20F3NO4. The second-order valence-electron chi connectivity index (χ2n) is 7.58.